The highest BCUT2D eigenvalue weighted by molar-refractivity contribution is 9.10. The molecule has 0 unspecified atom stereocenters. The predicted octanol–water partition coefficient (Wildman–Crippen LogP) is 2.35. The van der Waals surface area contributed by atoms with E-state index in [9.17, 15) is 14.0 Å². The van der Waals surface area contributed by atoms with E-state index in [-0.39, 0.29) is 22.6 Å². The summed E-state index contributed by atoms with van der Waals surface area (Å²) in [6, 6.07) is 1.10. The average molecular weight is 335 g/mol. The Labute approximate surface area is 117 Å². The van der Waals surface area contributed by atoms with E-state index in [4.69, 9.17) is 9.47 Å². The van der Waals surface area contributed by atoms with Crippen molar-refractivity contribution in [3.8, 4) is 11.5 Å². The average Bonchev–Trinajstić information content (AvgIpc) is 2.41. The Bertz CT molecular complexity index is 515. The molecule has 1 aromatic rings. The fourth-order valence-corrected chi connectivity index (χ4v) is 1.97. The minimum absolute atomic E-state index is 0.0284. The molecule has 0 radical (unpaired) electrons. The first-order valence-electron chi connectivity index (χ1n) is 5.29. The zero-order valence-electron chi connectivity index (χ0n) is 10.6. The van der Waals surface area contributed by atoms with Crippen LogP contribution < -0.4 is 9.47 Å². The van der Waals surface area contributed by atoms with Crippen molar-refractivity contribution in [1.82, 2.24) is 0 Å². The largest absolute Gasteiger partial charge is 0.493 e. The maximum absolute atomic E-state index is 14.0. The first kappa shape index (κ1) is 15.4. The highest BCUT2D eigenvalue weighted by atomic mass is 79.9. The van der Waals surface area contributed by atoms with Crippen LogP contribution in [0, 0.1) is 5.82 Å². The topological polar surface area (TPSA) is 61.8 Å². The number of hydrogen-bond donors (Lipinski definition) is 0. The van der Waals surface area contributed by atoms with Gasteiger partial charge in [0.2, 0.25) is 0 Å². The molecule has 0 fully saturated rings. The van der Waals surface area contributed by atoms with Gasteiger partial charge in [0.1, 0.15) is 0 Å². The molecule has 0 aliphatic carbocycles. The van der Waals surface area contributed by atoms with Crippen LogP contribution in [0.5, 0.6) is 11.5 Å². The van der Waals surface area contributed by atoms with Gasteiger partial charge in [0, 0.05) is 0 Å². The highest BCUT2D eigenvalue weighted by Gasteiger charge is 2.27. The van der Waals surface area contributed by atoms with Crippen LogP contribution >= 0.6 is 15.9 Å². The van der Waals surface area contributed by atoms with Gasteiger partial charge in [-0.05, 0) is 28.9 Å². The monoisotopic (exact) mass is 334 g/mol. The maximum atomic E-state index is 14.0. The Morgan fingerprint density at radius 1 is 1.32 bits per heavy atom. The van der Waals surface area contributed by atoms with Gasteiger partial charge in [-0.1, -0.05) is 0 Å². The molecule has 0 saturated heterocycles. The van der Waals surface area contributed by atoms with Crippen LogP contribution in [0.3, 0.4) is 0 Å². The van der Waals surface area contributed by atoms with Gasteiger partial charge in [-0.15, -0.1) is 0 Å². The first-order chi connectivity index (χ1) is 8.97. The molecular formula is C12H12BrFO5. The molecule has 0 saturated carbocycles. The van der Waals surface area contributed by atoms with E-state index in [2.05, 4.69) is 20.7 Å². The quantitative estimate of drug-likeness (QED) is 0.470. The molecule has 0 aliphatic heterocycles. The van der Waals surface area contributed by atoms with Gasteiger partial charge in [-0.2, -0.15) is 0 Å². The molecule has 0 bridgehead atoms. The summed E-state index contributed by atoms with van der Waals surface area (Å²) in [7, 11) is 2.66. The summed E-state index contributed by atoms with van der Waals surface area (Å²) in [5, 5.41) is 0. The number of Topliss-reactive ketones (excluding diaryl/α,β-unsaturated/α-hetero) is 1. The van der Waals surface area contributed by atoms with Crippen LogP contribution in [-0.2, 0) is 9.53 Å². The number of methoxy groups -OCH3 is 2. The Morgan fingerprint density at radius 2 is 1.95 bits per heavy atom. The predicted molar refractivity (Wildman–Crippen MR) is 68.2 cm³/mol. The number of rotatable bonds is 5. The summed E-state index contributed by atoms with van der Waals surface area (Å²) in [5.41, 5.74) is -0.442. The standard InChI is InChI=1S/C12H12BrFO5/c1-4-19-12(16)10(15)6-5-7(17-2)11(18-3)8(13)9(6)14/h5H,4H2,1-3H3. The van der Waals surface area contributed by atoms with Crippen molar-refractivity contribution >= 4 is 27.7 Å². The molecule has 0 atom stereocenters. The van der Waals surface area contributed by atoms with E-state index in [1.165, 1.54) is 14.2 Å². The van der Waals surface area contributed by atoms with Crippen molar-refractivity contribution in [3.63, 3.8) is 0 Å². The summed E-state index contributed by atoms with van der Waals surface area (Å²) in [5.74, 6) is -2.89. The van der Waals surface area contributed by atoms with E-state index in [1.807, 2.05) is 0 Å². The number of ether oxygens (including phenoxy) is 3. The number of carbonyl (C=O) groups is 2. The Balaban J connectivity index is 3.33. The van der Waals surface area contributed by atoms with Crippen molar-refractivity contribution < 1.29 is 28.2 Å². The number of benzene rings is 1. The summed E-state index contributed by atoms with van der Waals surface area (Å²) < 4.78 is 28.4. The third kappa shape index (κ3) is 3.04. The van der Waals surface area contributed by atoms with E-state index in [0.29, 0.717) is 0 Å². The number of ketones is 1. The van der Waals surface area contributed by atoms with Gasteiger partial charge in [-0.3, -0.25) is 4.79 Å². The minimum Gasteiger partial charge on any atom is -0.493 e. The third-order valence-electron chi connectivity index (χ3n) is 2.26. The van der Waals surface area contributed by atoms with Crippen LogP contribution in [-0.4, -0.2) is 32.6 Å². The summed E-state index contributed by atoms with van der Waals surface area (Å²) in [6.07, 6.45) is 0. The molecule has 0 spiro atoms. The van der Waals surface area contributed by atoms with Gasteiger partial charge in [-0.25, -0.2) is 9.18 Å². The van der Waals surface area contributed by atoms with Crippen molar-refractivity contribution in [2.75, 3.05) is 20.8 Å². The molecule has 0 N–H and O–H groups in total. The second-order valence-corrected chi connectivity index (χ2v) is 4.13. The maximum Gasteiger partial charge on any atom is 0.379 e. The van der Waals surface area contributed by atoms with Gasteiger partial charge in [0.15, 0.2) is 17.3 Å². The second kappa shape index (κ2) is 6.51. The molecular weight excluding hydrogens is 323 g/mol. The smallest absolute Gasteiger partial charge is 0.379 e. The molecule has 5 nitrogen and oxygen atoms in total. The van der Waals surface area contributed by atoms with E-state index in [0.717, 1.165) is 6.07 Å². The van der Waals surface area contributed by atoms with Gasteiger partial charge in [0.25, 0.3) is 5.78 Å². The Kier molecular flexibility index (Phi) is 5.29. The fourth-order valence-electron chi connectivity index (χ4n) is 1.40. The van der Waals surface area contributed by atoms with E-state index >= 15 is 0 Å². The van der Waals surface area contributed by atoms with Crippen LogP contribution in [0.1, 0.15) is 17.3 Å². The number of halogens is 2. The summed E-state index contributed by atoms with van der Waals surface area (Å²) in [4.78, 5) is 23.1. The van der Waals surface area contributed by atoms with Crippen molar-refractivity contribution in [1.29, 1.82) is 0 Å². The van der Waals surface area contributed by atoms with Crippen LogP contribution in [0.25, 0.3) is 0 Å². The van der Waals surface area contributed by atoms with Gasteiger partial charge >= 0.3 is 5.97 Å². The Morgan fingerprint density at radius 3 is 2.42 bits per heavy atom. The minimum atomic E-state index is -1.12. The van der Waals surface area contributed by atoms with Crippen LogP contribution in [0.4, 0.5) is 4.39 Å². The lowest BCUT2D eigenvalue weighted by molar-refractivity contribution is -0.137. The van der Waals surface area contributed by atoms with E-state index < -0.39 is 23.1 Å². The van der Waals surface area contributed by atoms with Crippen molar-refractivity contribution in [2.45, 2.75) is 6.92 Å². The summed E-state index contributed by atoms with van der Waals surface area (Å²) in [6.45, 7) is 1.58. The first-order valence-corrected chi connectivity index (χ1v) is 6.08. The lowest BCUT2D eigenvalue weighted by Crippen LogP contribution is -2.19. The third-order valence-corrected chi connectivity index (χ3v) is 2.97. The molecule has 0 aromatic heterocycles. The van der Waals surface area contributed by atoms with Gasteiger partial charge in [0.05, 0.1) is 30.9 Å². The lowest BCUT2D eigenvalue weighted by atomic mass is 10.1. The molecule has 7 heteroatoms. The SMILES string of the molecule is CCOC(=O)C(=O)c1cc(OC)c(OC)c(Br)c1F. The number of carbonyl (C=O) groups excluding carboxylic acids is 2. The molecule has 0 amide bonds. The molecule has 19 heavy (non-hydrogen) atoms. The number of esters is 1. The molecule has 1 aromatic carbocycles. The normalized spacial score (nSPS) is 9.95. The molecule has 0 heterocycles. The molecule has 1 rings (SSSR count). The fraction of sp³-hybridized carbons (Fsp3) is 0.333. The second-order valence-electron chi connectivity index (χ2n) is 3.34. The zero-order valence-corrected chi connectivity index (χ0v) is 12.2. The molecule has 0 aliphatic rings. The number of hydrogen-bond acceptors (Lipinski definition) is 5. The lowest BCUT2D eigenvalue weighted by Gasteiger charge is -2.12. The van der Waals surface area contributed by atoms with Crippen LogP contribution in [0.2, 0.25) is 0 Å². The zero-order chi connectivity index (χ0) is 14.6. The van der Waals surface area contributed by atoms with Crippen molar-refractivity contribution in [3.05, 3.63) is 21.9 Å². The van der Waals surface area contributed by atoms with Crippen molar-refractivity contribution in [2.24, 2.45) is 0 Å². The highest BCUT2D eigenvalue weighted by Crippen LogP contribution is 2.39. The van der Waals surface area contributed by atoms with Crippen LogP contribution in [0.15, 0.2) is 10.5 Å². The van der Waals surface area contributed by atoms with E-state index in [1.54, 1.807) is 6.92 Å². The molecule has 104 valence electrons. The van der Waals surface area contributed by atoms with Gasteiger partial charge < -0.3 is 14.2 Å². The Hall–Kier alpha value is -1.63. The summed E-state index contributed by atoms with van der Waals surface area (Å²) >= 11 is 2.95.